The van der Waals surface area contributed by atoms with E-state index < -0.39 is 10.9 Å². The van der Waals surface area contributed by atoms with E-state index >= 15 is 0 Å². The molecule has 0 spiro atoms. The number of aromatic nitrogens is 3. The Morgan fingerprint density at radius 2 is 1.74 bits per heavy atom. The maximum atomic E-state index is 11.8. The standard InChI is InChI=1S/C23H26N8O4/c1-29-10-12-30(13-11-29)17-4-2-16(3-5-17)21-19(22(32)33)15-27-23(28-21)25-9-8-24-20-7-6-18(14-26-20)31(34)35/h2-7,14-15H,8-13H2,1H3,(H,24,26)(H,32,33)(H,25,27,28). The number of nitrogens with one attached hydrogen (secondary N) is 2. The van der Waals surface area contributed by atoms with Crippen LogP contribution in [0.2, 0.25) is 0 Å². The third kappa shape index (κ3) is 5.98. The Morgan fingerprint density at radius 3 is 2.37 bits per heavy atom. The number of rotatable bonds is 9. The van der Waals surface area contributed by atoms with Gasteiger partial charge in [-0.1, -0.05) is 12.1 Å². The second-order valence-corrected chi connectivity index (χ2v) is 8.11. The van der Waals surface area contributed by atoms with E-state index in [1.807, 2.05) is 24.3 Å². The molecule has 0 radical (unpaired) electrons. The summed E-state index contributed by atoms with van der Waals surface area (Å²) in [5.74, 6) is -0.298. The molecule has 4 rings (SSSR count). The van der Waals surface area contributed by atoms with Crippen LogP contribution in [0.5, 0.6) is 0 Å². The molecule has 0 aliphatic carbocycles. The number of nitrogens with zero attached hydrogens (tertiary/aromatic N) is 6. The molecule has 1 saturated heterocycles. The Kier molecular flexibility index (Phi) is 7.31. The molecule has 0 saturated carbocycles. The molecule has 3 N–H and O–H groups in total. The first-order chi connectivity index (χ1) is 16.9. The van der Waals surface area contributed by atoms with Crippen molar-refractivity contribution in [3.05, 3.63) is 64.5 Å². The number of piperazine rings is 1. The molecule has 12 heteroatoms. The molecule has 182 valence electrons. The summed E-state index contributed by atoms with van der Waals surface area (Å²) in [4.78, 5) is 39.1. The van der Waals surface area contributed by atoms with E-state index in [9.17, 15) is 20.0 Å². The summed E-state index contributed by atoms with van der Waals surface area (Å²) in [6, 6.07) is 10.6. The summed E-state index contributed by atoms with van der Waals surface area (Å²) in [5, 5.41) is 26.4. The van der Waals surface area contributed by atoms with Gasteiger partial charge in [0.2, 0.25) is 5.95 Å². The lowest BCUT2D eigenvalue weighted by Crippen LogP contribution is -2.44. The fourth-order valence-electron chi connectivity index (χ4n) is 3.70. The molecule has 1 aliphatic rings. The van der Waals surface area contributed by atoms with Crippen molar-refractivity contribution < 1.29 is 14.8 Å². The third-order valence-electron chi connectivity index (χ3n) is 5.70. The average Bonchev–Trinajstić information content (AvgIpc) is 2.87. The van der Waals surface area contributed by atoms with E-state index in [2.05, 4.69) is 42.4 Å². The van der Waals surface area contributed by atoms with Gasteiger partial charge in [0.25, 0.3) is 5.69 Å². The van der Waals surface area contributed by atoms with E-state index in [4.69, 9.17) is 0 Å². The van der Waals surface area contributed by atoms with E-state index in [1.165, 1.54) is 24.5 Å². The number of benzene rings is 1. The van der Waals surface area contributed by atoms with Gasteiger partial charge in [0.05, 0.1) is 10.6 Å². The van der Waals surface area contributed by atoms with Crippen molar-refractivity contribution in [2.45, 2.75) is 0 Å². The van der Waals surface area contributed by atoms with E-state index in [0.717, 1.165) is 31.9 Å². The van der Waals surface area contributed by atoms with Crippen LogP contribution in [0.4, 0.5) is 23.1 Å². The minimum absolute atomic E-state index is 0.0242. The Morgan fingerprint density at radius 1 is 1.03 bits per heavy atom. The van der Waals surface area contributed by atoms with E-state index in [1.54, 1.807) is 0 Å². The summed E-state index contributed by atoms with van der Waals surface area (Å²) < 4.78 is 0. The molecule has 1 aliphatic heterocycles. The lowest BCUT2D eigenvalue weighted by atomic mass is 10.1. The first kappa shape index (κ1) is 23.8. The molecule has 2 aromatic heterocycles. The SMILES string of the molecule is CN1CCN(c2ccc(-c3nc(NCCNc4ccc([N+](=O)[O-])cn4)ncc3C(=O)O)cc2)CC1. The number of aromatic carboxylic acids is 1. The van der Waals surface area contributed by atoms with Crippen LogP contribution in [0.3, 0.4) is 0 Å². The number of carboxylic acid groups (broad SMARTS) is 1. The fourth-order valence-corrected chi connectivity index (χ4v) is 3.70. The van der Waals surface area contributed by atoms with Gasteiger partial charge >= 0.3 is 5.97 Å². The summed E-state index contributed by atoms with van der Waals surface area (Å²) >= 11 is 0. The van der Waals surface area contributed by atoms with Crippen molar-refractivity contribution in [1.29, 1.82) is 0 Å². The van der Waals surface area contributed by atoms with Crippen molar-refractivity contribution in [3.63, 3.8) is 0 Å². The largest absolute Gasteiger partial charge is 0.478 e. The predicted molar refractivity (Wildman–Crippen MR) is 132 cm³/mol. The molecule has 0 amide bonds. The molecule has 0 unspecified atom stereocenters. The Hall–Kier alpha value is -4.32. The lowest BCUT2D eigenvalue weighted by Gasteiger charge is -2.34. The summed E-state index contributed by atoms with van der Waals surface area (Å²) in [5.41, 5.74) is 2.07. The maximum absolute atomic E-state index is 11.8. The van der Waals surface area contributed by atoms with Crippen molar-refractivity contribution in [2.75, 3.05) is 61.8 Å². The maximum Gasteiger partial charge on any atom is 0.339 e. The van der Waals surface area contributed by atoms with Gasteiger partial charge in [-0.25, -0.2) is 19.7 Å². The third-order valence-corrected chi connectivity index (χ3v) is 5.70. The van der Waals surface area contributed by atoms with Crippen LogP contribution < -0.4 is 15.5 Å². The average molecular weight is 479 g/mol. The molecule has 12 nitrogen and oxygen atoms in total. The lowest BCUT2D eigenvalue weighted by molar-refractivity contribution is -0.385. The zero-order valence-corrected chi connectivity index (χ0v) is 19.2. The Bertz CT molecular complexity index is 1180. The molecule has 3 heterocycles. The summed E-state index contributed by atoms with van der Waals surface area (Å²) in [6.07, 6.45) is 2.48. The van der Waals surface area contributed by atoms with Gasteiger partial charge in [-0.3, -0.25) is 10.1 Å². The second kappa shape index (κ2) is 10.7. The van der Waals surface area contributed by atoms with Crippen LogP contribution in [0, 0.1) is 10.1 Å². The highest BCUT2D eigenvalue weighted by molar-refractivity contribution is 5.94. The molecular weight excluding hydrogens is 452 g/mol. The number of pyridine rings is 1. The first-order valence-corrected chi connectivity index (χ1v) is 11.1. The van der Waals surface area contributed by atoms with Crippen molar-refractivity contribution in [3.8, 4) is 11.3 Å². The minimum atomic E-state index is -1.10. The van der Waals surface area contributed by atoms with Crippen LogP contribution in [-0.4, -0.2) is 82.2 Å². The number of carbonyl (C=O) groups is 1. The number of nitro groups is 1. The van der Waals surface area contributed by atoms with Crippen LogP contribution in [0.1, 0.15) is 10.4 Å². The number of likely N-dealkylation sites (N-methyl/N-ethyl adjacent to an activating group) is 1. The monoisotopic (exact) mass is 478 g/mol. The van der Waals surface area contributed by atoms with Crippen LogP contribution in [0.25, 0.3) is 11.3 Å². The molecule has 0 atom stereocenters. The molecular formula is C23H26N8O4. The van der Waals surface area contributed by atoms with E-state index in [-0.39, 0.29) is 11.3 Å². The number of anilines is 3. The highest BCUT2D eigenvalue weighted by Crippen LogP contribution is 2.26. The molecule has 1 aromatic carbocycles. The Labute approximate surface area is 201 Å². The van der Waals surface area contributed by atoms with Gasteiger partial charge in [-0.15, -0.1) is 0 Å². The van der Waals surface area contributed by atoms with Gasteiger partial charge in [0.15, 0.2) is 0 Å². The molecule has 1 fully saturated rings. The Balaban J connectivity index is 1.41. The van der Waals surface area contributed by atoms with Gasteiger partial charge in [-0.05, 0) is 25.2 Å². The van der Waals surface area contributed by atoms with Gasteiger partial charge in [-0.2, -0.15) is 0 Å². The highest BCUT2D eigenvalue weighted by Gasteiger charge is 2.17. The minimum Gasteiger partial charge on any atom is -0.478 e. The first-order valence-electron chi connectivity index (χ1n) is 11.1. The summed E-state index contributed by atoms with van der Waals surface area (Å²) in [7, 11) is 2.11. The second-order valence-electron chi connectivity index (χ2n) is 8.11. The number of hydrogen-bond acceptors (Lipinski definition) is 10. The normalized spacial score (nSPS) is 13.9. The smallest absolute Gasteiger partial charge is 0.339 e. The van der Waals surface area contributed by atoms with Crippen LogP contribution >= 0.6 is 0 Å². The molecule has 3 aromatic rings. The zero-order valence-electron chi connectivity index (χ0n) is 19.2. The van der Waals surface area contributed by atoms with Crippen LogP contribution in [-0.2, 0) is 0 Å². The quantitative estimate of drug-likeness (QED) is 0.236. The van der Waals surface area contributed by atoms with Gasteiger partial charge in [0.1, 0.15) is 17.6 Å². The highest BCUT2D eigenvalue weighted by atomic mass is 16.6. The summed E-state index contributed by atoms with van der Waals surface area (Å²) in [6.45, 7) is 4.77. The topological polar surface area (TPSA) is 150 Å². The fraction of sp³-hybridized carbons (Fsp3) is 0.304. The van der Waals surface area contributed by atoms with Gasteiger partial charge < -0.3 is 25.5 Å². The zero-order chi connectivity index (χ0) is 24.8. The number of carboxylic acids is 1. The van der Waals surface area contributed by atoms with Crippen molar-refractivity contribution in [1.82, 2.24) is 19.9 Å². The van der Waals surface area contributed by atoms with Crippen molar-refractivity contribution >= 4 is 29.1 Å². The molecule has 0 bridgehead atoms. The van der Waals surface area contributed by atoms with Crippen molar-refractivity contribution in [2.24, 2.45) is 0 Å². The predicted octanol–water partition coefficient (Wildman–Crippen LogP) is 2.42. The van der Waals surface area contributed by atoms with E-state index in [0.29, 0.717) is 36.1 Å². The molecule has 35 heavy (non-hydrogen) atoms. The number of hydrogen-bond donors (Lipinski definition) is 3. The van der Waals surface area contributed by atoms with Crippen LogP contribution in [0.15, 0.2) is 48.8 Å². The van der Waals surface area contributed by atoms with Gasteiger partial charge in [0, 0.05) is 62.8 Å².